The molecular formula is C19H27Cl4N3OS. The Balaban J connectivity index is 2.45. The number of carbonyl (C=O) groups excluding carboxylic acids is 1. The van der Waals surface area contributed by atoms with Gasteiger partial charge in [0.05, 0.1) is 10.7 Å². The highest BCUT2D eigenvalue weighted by Gasteiger charge is 2.34. The summed E-state index contributed by atoms with van der Waals surface area (Å²) in [7, 11) is 0. The van der Waals surface area contributed by atoms with Gasteiger partial charge < -0.3 is 16.0 Å². The fraction of sp³-hybridized carbons (Fsp3) is 0.579. The lowest BCUT2D eigenvalue weighted by Gasteiger charge is -2.28. The second kappa shape index (κ2) is 13.7. The smallest absolute Gasteiger partial charge is 0.228 e. The standard InChI is InChI=1S/C19H27Cl4N3OS/c1-2-3-4-5-6-7-8-13-16(27)25-17(19(21,22)23)26-18(28)24-15-12-10-9-11-14(15)20/h9-12,17H,2-8,13H2,1H3,(H,25,27)(H2,24,26,28)/t17-/m1/s1. The van der Waals surface area contributed by atoms with E-state index in [9.17, 15) is 4.79 Å². The molecule has 0 saturated carbocycles. The molecule has 9 heteroatoms. The van der Waals surface area contributed by atoms with Gasteiger partial charge in [-0.15, -0.1) is 0 Å². The highest BCUT2D eigenvalue weighted by molar-refractivity contribution is 7.80. The first-order valence-electron chi connectivity index (χ1n) is 9.42. The lowest BCUT2D eigenvalue weighted by molar-refractivity contribution is -0.122. The summed E-state index contributed by atoms with van der Waals surface area (Å²) in [5.41, 5.74) is 0.610. The molecule has 3 N–H and O–H groups in total. The van der Waals surface area contributed by atoms with E-state index < -0.39 is 9.96 Å². The molecule has 0 aromatic heterocycles. The van der Waals surface area contributed by atoms with Gasteiger partial charge in [0.15, 0.2) is 5.11 Å². The third kappa shape index (κ3) is 10.9. The van der Waals surface area contributed by atoms with E-state index in [1.165, 1.54) is 25.7 Å². The van der Waals surface area contributed by atoms with Crippen molar-refractivity contribution in [2.45, 2.75) is 68.2 Å². The minimum absolute atomic E-state index is 0.181. The molecule has 4 nitrogen and oxygen atoms in total. The Morgan fingerprint density at radius 3 is 2.25 bits per heavy atom. The molecule has 1 atom stereocenters. The van der Waals surface area contributed by atoms with Crippen molar-refractivity contribution in [3.63, 3.8) is 0 Å². The van der Waals surface area contributed by atoms with Crippen LogP contribution in [0.2, 0.25) is 5.02 Å². The largest absolute Gasteiger partial charge is 0.339 e. The van der Waals surface area contributed by atoms with E-state index in [-0.39, 0.29) is 11.0 Å². The summed E-state index contributed by atoms with van der Waals surface area (Å²) in [6.45, 7) is 2.19. The second-order valence-electron chi connectivity index (χ2n) is 6.49. The fourth-order valence-corrected chi connectivity index (χ4v) is 3.27. The van der Waals surface area contributed by atoms with Crippen molar-refractivity contribution in [2.75, 3.05) is 5.32 Å². The third-order valence-electron chi connectivity index (χ3n) is 4.04. The number of thiocarbonyl (C=S) groups is 1. The van der Waals surface area contributed by atoms with Crippen molar-refractivity contribution in [3.05, 3.63) is 29.3 Å². The molecule has 0 spiro atoms. The summed E-state index contributed by atoms with van der Waals surface area (Å²) >= 11 is 29.3. The number of anilines is 1. The molecule has 0 radical (unpaired) electrons. The van der Waals surface area contributed by atoms with Gasteiger partial charge in [0, 0.05) is 6.42 Å². The maximum absolute atomic E-state index is 12.2. The number of halogens is 4. The van der Waals surface area contributed by atoms with E-state index in [2.05, 4.69) is 22.9 Å². The average molecular weight is 487 g/mol. The zero-order chi connectivity index (χ0) is 21.0. The van der Waals surface area contributed by atoms with E-state index in [4.69, 9.17) is 58.6 Å². The Kier molecular flexibility index (Phi) is 12.5. The fourth-order valence-electron chi connectivity index (χ4n) is 2.53. The zero-order valence-electron chi connectivity index (χ0n) is 15.9. The molecule has 0 heterocycles. The topological polar surface area (TPSA) is 53.2 Å². The lowest BCUT2D eigenvalue weighted by Crippen LogP contribution is -2.56. The number of rotatable bonds is 11. The van der Waals surface area contributed by atoms with Gasteiger partial charge >= 0.3 is 0 Å². The monoisotopic (exact) mass is 485 g/mol. The van der Waals surface area contributed by atoms with Crippen molar-refractivity contribution < 1.29 is 4.79 Å². The number of amides is 1. The first-order valence-corrected chi connectivity index (χ1v) is 11.3. The number of hydrogen-bond acceptors (Lipinski definition) is 2. The summed E-state index contributed by atoms with van der Waals surface area (Å²) in [5.74, 6) is -0.196. The van der Waals surface area contributed by atoms with Crippen LogP contribution in [0.4, 0.5) is 5.69 Å². The van der Waals surface area contributed by atoms with E-state index in [0.29, 0.717) is 17.1 Å². The molecule has 158 valence electrons. The van der Waals surface area contributed by atoms with Crippen LogP contribution in [0.5, 0.6) is 0 Å². The lowest BCUT2D eigenvalue weighted by atomic mass is 10.1. The Hall–Kier alpha value is -0.460. The van der Waals surface area contributed by atoms with Gasteiger partial charge in [-0.05, 0) is 30.8 Å². The first kappa shape index (κ1) is 25.6. The van der Waals surface area contributed by atoms with Crippen molar-refractivity contribution in [1.29, 1.82) is 0 Å². The number of nitrogens with one attached hydrogen (secondary N) is 3. The van der Waals surface area contributed by atoms with E-state index >= 15 is 0 Å². The molecule has 1 amide bonds. The maximum Gasteiger partial charge on any atom is 0.228 e. The van der Waals surface area contributed by atoms with Gasteiger partial charge in [-0.1, -0.05) is 104 Å². The van der Waals surface area contributed by atoms with Crippen LogP contribution in [-0.4, -0.2) is 21.0 Å². The maximum atomic E-state index is 12.2. The van der Waals surface area contributed by atoms with Crippen LogP contribution in [0.1, 0.15) is 58.3 Å². The van der Waals surface area contributed by atoms with Gasteiger partial charge in [-0.3, -0.25) is 4.79 Å². The Morgan fingerprint density at radius 1 is 1.04 bits per heavy atom. The van der Waals surface area contributed by atoms with Crippen LogP contribution in [0, 0.1) is 0 Å². The zero-order valence-corrected chi connectivity index (χ0v) is 19.7. The number of carbonyl (C=O) groups is 1. The number of para-hydroxylation sites is 1. The molecule has 0 saturated heterocycles. The molecule has 0 fully saturated rings. The average Bonchev–Trinajstić information content (AvgIpc) is 2.61. The quantitative estimate of drug-likeness (QED) is 0.143. The summed E-state index contributed by atoms with van der Waals surface area (Å²) in [5, 5.41) is 9.12. The Bertz CT molecular complexity index is 625. The van der Waals surface area contributed by atoms with E-state index in [1.807, 2.05) is 6.07 Å². The van der Waals surface area contributed by atoms with Crippen molar-refractivity contribution >= 4 is 75.3 Å². The van der Waals surface area contributed by atoms with Crippen molar-refractivity contribution in [1.82, 2.24) is 10.6 Å². The summed E-state index contributed by atoms with van der Waals surface area (Å²) in [6.07, 6.45) is 7.27. The predicted octanol–water partition coefficient (Wildman–Crippen LogP) is 6.58. The van der Waals surface area contributed by atoms with Gasteiger partial charge in [-0.25, -0.2) is 0 Å². The van der Waals surface area contributed by atoms with E-state index in [0.717, 1.165) is 19.3 Å². The molecule has 28 heavy (non-hydrogen) atoms. The van der Waals surface area contributed by atoms with Gasteiger partial charge in [0.2, 0.25) is 9.70 Å². The van der Waals surface area contributed by atoms with Crippen LogP contribution in [-0.2, 0) is 4.79 Å². The van der Waals surface area contributed by atoms with Gasteiger partial charge in [-0.2, -0.15) is 0 Å². The predicted molar refractivity (Wildman–Crippen MR) is 126 cm³/mol. The first-order chi connectivity index (χ1) is 13.2. The summed E-state index contributed by atoms with van der Waals surface area (Å²) in [4.78, 5) is 12.2. The molecule has 0 bridgehead atoms. The number of benzene rings is 1. The summed E-state index contributed by atoms with van der Waals surface area (Å²) in [6, 6.07) is 7.11. The van der Waals surface area contributed by atoms with Crippen LogP contribution in [0.3, 0.4) is 0 Å². The second-order valence-corrected chi connectivity index (χ2v) is 9.68. The molecule has 1 aromatic carbocycles. The normalized spacial score (nSPS) is 12.3. The van der Waals surface area contributed by atoms with E-state index in [1.54, 1.807) is 18.2 Å². The number of alkyl halides is 3. The molecule has 0 aliphatic heterocycles. The Labute approximate surface area is 193 Å². The molecule has 1 rings (SSSR count). The Morgan fingerprint density at radius 2 is 1.64 bits per heavy atom. The highest BCUT2D eigenvalue weighted by atomic mass is 35.6. The molecule has 1 aromatic rings. The van der Waals surface area contributed by atoms with Crippen molar-refractivity contribution in [3.8, 4) is 0 Å². The molecule has 0 aliphatic carbocycles. The van der Waals surface area contributed by atoms with Gasteiger partial charge in [0.25, 0.3) is 0 Å². The number of unbranched alkanes of at least 4 members (excludes halogenated alkanes) is 6. The minimum Gasteiger partial charge on any atom is -0.339 e. The van der Waals surface area contributed by atoms with Crippen molar-refractivity contribution in [2.24, 2.45) is 0 Å². The van der Waals surface area contributed by atoms with Crippen LogP contribution >= 0.6 is 58.6 Å². The number of hydrogen-bond donors (Lipinski definition) is 3. The van der Waals surface area contributed by atoms with Crippen LogP contribution < -0.4 is 16.0 Å². The molecular weight excluding hydrogens is 460 g/mol. The summed E-state index contributed by atoms with van der Waals surface area (Å²) < 4.78 is -1.78. The van der Waals surface area contributed by atoms with Crippen LogP contribution in [0.15, 0.2) is 24.3 Å². The highest BCUT2D eigenvalue weighted by Crippen LogP contribution is 2.29. The molecule has 0 aliphatic rings. The minimum atomic E-state index is -1.78. The van der Waals surface area contributed by atoms with Crippen LogP contribution in [0.25, 0.3) is 0 Å². The molecule has 0 unspecified atom stereocenters. The SMILES string of the molecule is CCCCCCCCCC(=O)N[C@H](NC(=S)Nc1ccccc1Cl)C(Cl)(Cl)Cl. The third-order valence-corrected chi connectivity index (χ3v) is 5.24. The van der Waals surface area contributed by atoms with Gasteiger partial charge in [0.1, 0.15) is 6.17 Å².